The average Bonchev–Trinajstić information content (AvgIpc) is 2.94. The van der Waals surface area contributed by atoms with Crippen LogP contribution in [0.3, 0.4) is 0 Å². The lowest BCUT2D eigenvalue weighted by atomic mass is 9.94. The van der Waals surface area contributed by atoms with Crippen molar-refractivity contribution in [3.05, 3.63) is 41.9 Å². The maximum Gasteiger partial charge on any atom is 0.126 e. The van der Waals surface area contributed by atoms with Gasteiger partial charge in [-0.3, -0.25) is 4.68 Å². The molecule has 118 valence electrons. The Labute approximate surface area is 132 Å². The monoisotopic (exact) mass is 299 g/mol. The zero-order valence-corrected chi connectivity index (χ0v) is 13.3. The van der Waals surface area contributed by atoms with Crippen molar-refractivity contribution in [1.29, 1.82) is 0 Å². The van der Waals surface area contributed by atoms with Crippen molar-refractivity contribution in [3.8, 4) is 0 Å². The van der Waals surface area contributed by atoms with E-state index in [4.69, 9.17) is 4.98 Å². The molecule has 2 aromatic rings. The first-order valence-corrected chi connectivity index (χ1v) is 8.20. The molecule has 2 aromatic heterocycles. The molecule has 5 heteroatoms. The summed E-state index contributed by atoms with van der Waals surface area (Å²) in [4.78, 5) is 4.73. The van der Waals surface area contributed by atoms with Crippen molar-refractivity contribution >= 4 is 5.82 Å². The minimum absolute atomic E-state index is 0.726. The van der Waals surface area contributed by atoms with Crippen LogP contribution in [0.25, 0.3) is 0 Å². The van der Waals surface area contributed by atoms with Crippen molar-refractivity contribution in [2.75, 3.05) is 25.0 Å². The van der Waals surface area contributed by atoms with E-state index < -0.39 is 0 Å². The van der Waals surface area contributed by atoms with Crippen LogP contribution < -0.4 is 10.6 Å². The first kappa shape index (κ1) is 15.0. The molecule has 0 radical (unpaired) electrons. The smallest absolute Gasteiger partial charge is 0.126 e. The average molecular weight is 299 g/mol. The number of rotatable bonds is 6. The Morgan fingerprint density at radius 3 is 3.09 bits per heavy atom. The van der Waals surface area contributed by atoms with Gasteiger partial charge in [0, 0.05) is 18.4 Å². The number of aromatic nitrogens is 3. The molecule has 22 heavy (non-hydrogen) atoms. The summed E-state index contributed by atoms with van der Waals surface area (Å²) >= 11 is 0. The first-order chi connectivity index (χ1) is 10.8. The molecule has 3 rings (SSSR count). The van der Waals surface area contributed by atoms with Crippen LogP contribution >= 0.6 is 0 Å². The van der Waals surface area contributed by atoms with Crippen molar-refractivity contribution < 1.29 is 0 Å². The summed E-state index contributed by atoms with van der Waals surface area (Å²) in [6.45, 7) is 5.99. The summed E-state index contributed by atoms with van der Waals surface area (Å²) < 4.78 is 1.96. The number of nitrogens with zero attached hydrogens (tertiary/aromatic N) is 3. The van der Waals surface area contributed by atoms with Gasteiger partial charge in [-0.05, 0) is 63.4 Å². The zero-order chi connectivity index (χ0) is 15.2. The van der Waals surface area contributed by atoms with Crippen molar-refractivity contribution in [2.45, 2.75) is 32.7 Å². The molecule has 1 fully saturated rings. The predicted molar refractivity (Wildman–Crippen MR) is 89.0 cm³/mol. The van der Waals surface area contributed by atoms with Crippen LogP contribution in [0.1, 0.15) is 24.2 Å². The maximum absolute atomic E-state index is 4.73. The van der Waals surface area contributed by atoms with Gasteiger partial charge in [-0.15, -0.1) is 0 Å². The molecule has 0 aromatic carbocycles. The first-order valence-electron chi connectivity index (χ1n) is 8.20. The highest BCUT2D eigenvalue weighted by molar-refractivity contribution is 5.35. The molecule has 1 saturated heterocycles. The van der Waals surface area contributed by atoms with E-state index in [0.29, 0.717) is 0 Å². The Kier molecular flexibility index (Phi) is 5.06. The van der Waals surface area contributed by atoms with E-state index >= 15 is 0 Å². The predicted octanol–water partition coefficient (Wildman–Crippen LogP) is 2.24. The van der Waals surface area contributed by atoms with Crippen LogP contribution in [0, 0.1) is 12.8 Å². The van der Waals surface area contributed by atoms with Crippen LogP contribution in [0.15, 0.2) is 30.5 Å². The lowest BCUT2D eigenvalue weighted by molar-refractivity contribution is 0.373. The second-order valence-corrected chi connectivity index (χ2v) is 6.08. The van der Waals surface area contributed by atoms with Gasteiger partial charge in [-0.25, -0.2) is 4.98 Å². The Morgan fingerprint density at radius 1 is 1.36 bits per heavy atom. The van der Waals surface area contributed by atoms with E-state index in [1.165, 1.54) is 25.1 Å². The number of anilines is 1. The van der Waals surface area contributed by atoms with E-state index in [1.54, 1.807) is 0 Å². The van der Waals surface area contributed by atoms with Gasteiger partial charge < -0.3 is 10.6 Å². The summed E-state index contributed by atoms with van der Waals surface area (Å²) in [6.07, 6.45) is 5.68. The molecule has 1 aliphatic rings. The van der Waals surface area contributed by atoms with E-state index in [0.717, 1.165) is 43.5 Å². The van der Waals surface area contributed by atoms with Gasteiger partial charge in [0.2, 0.25) is 0 Å². The van der Waals surface area contributed by atoms with E-state index in [-0.39, 0.29) is 0 Å². The summed E-state index contributed by atoms with van der Waals surface area (Å²) in [5.41, 5.74) is 2.25. The molecule has 1 unspecified atom stereocenters. The highest BCUT2D eigenvalue weighted by Crippen LogP contribution is 2.16. The maximum atomic E-state index is 4.73. The number of nitrogens with one attached hydrogen (secondary N) is 2. The van der Waals surface area contributed by atoms with Crippen LogP contribution in [-0.2, 0) is 13.0 Å². The second kappa shape index (κ2) is 7.40. The third kappa shape index (κ3) is 4.31. The van der Waals surface area contributed by atoms with E-state index in [1.807, 2.05) is 29.9 Å². The number of hydrogen-bond acceptors (Lipinski definition) is 4. The van der Waals surface area contributed by atoms with Gasteiger partial charge >= 0.3 is 0 Å². The molecule has 0 bridgehead atoms. The number of pyridine rings is 1. The highest BCUT2D eigenvalue weighted by Gasteiger charge is 2.14. The quantitative estimate of drug-likeness (QED) is 0.859. The van der Waals surface area contributed by atoms with Gasteiger partial charge in [-0.2, -0.15) is 5.10 Å². The molecular weight excluding hydrogens is 274 g/mol. The van der Waals surface area contributed by atoms with E-state index in [2.05, 4.69) is 27.9 Å². The van der Waals surface area contributed by atoms with Gasteiger partial charge in [0.1, 0.15) is 5.82 Å². The Morgan fingerprint density at radius 2 is 2.32 bits per heavy atom. The van der Waals surface area contributed by atoms with Crippen molar-refractivity contribution in [2.24, 2.45) is 5.92 Å². The fourth-order valence-corrected chi connectivity index (χ4v) is 2.97. The van der Waals surface area contributed by atoms with Gasteiger partial charge in [0.15, 0.2) is 0 Å². The highest BCUT2D eigenvalue weighted by atomic mass is 15.3. The number of hydrogen-bond donors (Lipinski definition) is 2. The second-order valence-electron chi connectivity index (χ2n) is 6.08. The molecule has 1 atom stereocenters. The normalized spacial score (nSPS) is 18.3. The molecule has 0 aliphatic carbocycles. The standard InChI is InChI=1S/C17H25N5/c1-14-7-10-22(21-14)11-9-19-17-6-2-5-16(20-17)12-15-4-3-8-18-13-15/h2,5-7,10,15,18H,3-4,8-9,11-13H2,1H3,(H,19,20). The van der Waals surface area contributed by atoms with Crippen LogP contribution in [0.5, 0.6) is 0 Å². The Bertz CT molecular complexity index is 586. The fourth-order valence-electron chi connectivity index (χ4n) is 2.97. The minimum atomic E-state index is 0.726. The van der Waals surface area contributed by atoms with Crippen molar-refractivity contribution in [3.63, 3.8) is 0 Å². The SMILES string of the molecule is Cc1ccn(CCNc2cccc(CC3CCCNC3)n2)n1. The fraction of sp³-hybridized carbons (Fsp3) is 0.529. The van der Waals surface area contributed by atoms with Gasteiger partial charge in [0.05, 0.1) is 12.2 Å². The van der Waals surface area contributed by atoms with Gasteiger partial charge in [0.25, 0.3) is 0 Å². The molecule has 0 saturated carbocycles. The van der Waals surface area contributed by atoms with Crippen LogP contribution in [-0.4, -0.2) is 34.4 Å². The van der Waals surface area contributed by atoms with Crippen LogP contribution in [0.4, 0.5) is 5.82 Å². The zero-order valence-electron chi connectivity index (χ0n) is 13.3. The molecule has 1 aliphatic heterocycles. The summed E-state index contributed by atoms with van der Waals surface area (Å²) in [7, 11) is 0. The lowest BCUT2D eigenvalue weighted by Gasteiger charge is -2.22. The topological polar surface area (TPSA) is 54.8 Å². The minimum Gasteiger partial charge on any atom is -0.368 e. The molecule has 3 heterocycles. The van der Waals surface area contributed by atoms with E-state index in [9.17, 15) is 0 Å². The Hall–Kier alpha value is -1.88. The molecule has 0 spiro atoms. The third-order valence-electron chi connectivity index (χ3n) is 4.12. The summed E-state index contributed by atoms with van der Waals surface area (Å²) in [6, 6.07) is 8.30. The molecule has 2 N–H and O–H groups in total. The molecule has 5 nitrogen and oxygen atoms in total. The molecule has 0 amide bonds. The lowest BCUT2D eigenvalue weighted by Crippen LogP contribution is -2.31. The third-order valence-corrected chi connectivity index (χ3v) is 4.12. The summed E-state index contributed by atoms with van der Waals surface area (Å²) in [5.74, 6) is 1.69. The van der Waals surface area contributed by atoms with Gasteiger partial charge in [-0.1, -0.05) is 6.07 Å². The Balaban J connectivity index is 1.50. The van der Waals surface area contributed by atoms with Crippen LogP contribution in [0.2, 0.25) is 0 Å². The summed E-state index contributed by atoms with van der Waals surface area (Å²) in [5, 5.41) is 11.2. The van der Waals surface area contributed by atoms with Crippen molar-refractivity contribution in [1.82, 2.24) is 20.1 Å². The number of piperidine rings is 1. The largest absolute Gasteiger partial charge is 0.368 e. The number of aryl methyl sites for hydroxylation is 1. The molecular formula is C17H25N5.